The topological polar surface area (TPSA) is 53.0 Å². The van der Waals surface area contributed by atoms with E-state index in [1.54, 1.807) is 7.11 Å². The number of likely N-dealkylation sites (N-methyl/N-ethyl adjacent to an activating group) is 1. The van der Waals surface area contributed by atoms with Crippen LogP contribution in [0.5, 0.6) is 5.75 Å². The third-order valence-electron chi connectivity index (χ3n) is 3.83. The quantitative estimate of drug-likeness (QED) is 0.868. The molecule has 1 aromatic rings. The molecule has 5 heteroatoms. The van der Waals surface area contributed by atoms with Crippen LogP contribution in [-0.4, -0.2) is 67.3 Å². The highest BCUT2D eigenvalue weighted by Gasteiger charge is 2.28. The lowest BCUT2D eigenvalue weighted by molar-refractivity contribution is -0.144. The van der Waals surface area contributed by atoms with Crippen molar-refractivity contribution in [3.63, 3.8) is 0 Å². The van der Waals surface area contributed by atoms with Crippen LogP contribution in [0.3, 0.4) is 0 Å². The number of carboxylic acids is 1. The number of ether oxygens (including phenoxy) is 1. The molecule has 0 amide bonds. The third kappa shape index (κ3) is 3.71. The fourth-order valence-corrected chi connectivity index (χ4v) is 2.53. The largest absolute Gasteiger partial charge is 0.497 e. The molecule has 5 nitrogen and oxygen atoms in total. The third-order valence-corrected chi connectivity index (χ3v) is 3.83. The average molecular weight is 278 g/mol. The van der Waals surface area contributed by atoms with Gasteiger partial charge < -0.3 is 14.7 Å². The predicted octanol–water partition coefficient (Wildman–Crippen LogP) is 0.938. The first-order valence-electron chi connectivity index (χ1n) is 6.88. The number of piperazine rings is 1. The smallest absolute Gasteiger partial charge is 0.321 e. The zero-order valence-electron chi connectivity index (χ0n) is 12.1. The van der Waals surface area contributed by atoms with Crippen molar-refractivity contribution < 1.29 is 14.6 Å². The number of hydrogen-bond acceptors (Lipinski definition) is 4. The maximum absolute atomic E-state index is 11.6. The Morgan fingerprint density at radius 2 is 2.05 bits per heavy atom. The van der Waals surface area contributed by atoms with E-state index in [2.05, 4.69) is 16.8 Å². The van der Waals surface area contributed by atoms with E-state index in [1.807, 2.05) is 24.3 Å². The molecule has 0 radical (unpaired) electrons. The van der Waals surface area contributed by atoms with E-state index in [9.17, 15) is 9.90 Å². The van der Waals surface area contributed by atoms with Gasteiger partial charge in [-0.05, 0) is 31.2 Å². The predicted molar refractivity (Wildman–Crippen MR) is 77.2 cm³/mol. The lowest BCUT2D eigenvalue weighted by Crippen LogP contribution is -2.52. The summed E-state index contributed by atoms with van der Waals surface area (Å²) in [6.45, 7) is 3.44. The molecular weight excluding hydrogens is 256 g/mol. The molecular formula is C15H22N2O3. The highest BCUT2D eigenvalue weighted by molar-refractivity contribution is 5.74. The van der Waals surface area contributed by atoms with Crippen molar-refractivity contribution in [3.8, 4) is 5.75 Å². The second-order valence-corrected chi connectivity index (χ2v) is 5.25. The van der Waals surface area contributed by atoms with Crippen molar-refractivity contribution in [2.45, 2.75) is 12.5 Å². The molecule has 0 unspecified atom stereocenters. The maximum Gasteiger partial charge on any atom is 0.321 e. The van der Waals surface area contributed by atoms with Crippen molar-refractivity contribution in [1.82, 2.24) is 9.80 Å². The lowest BCUT2D eigenvalue weighted by atomic mass is 10.0. The van der Waals surface area contributed by atoms with E-state index < -0.39 is 12.0 Å². The highest BCUT2D eigenvalue weighted by Crippen LogP contribution is 2.17. The summed E-state index contributed by atoms with van der Waals surface area (Å²) in [4.78, 5) is 15.8. The van der Waals surface area contributed by atoms with Crippen LogP contribution >= 0.6 is 0 Å². The van der Waals surface area contributed by atoms with Crippen LogP contribution in [-0.2, 0) is 11.2 Å². The number of hydrogen-bond donors (Lipinski definition) is 1. The molecule has 20 heavy (non-hydrogen) atoms. The summed E-state index contributed by atoms with van der Waals surface area (Å²) in [5.41, 5.74) is 0.996. The van der Waals surface area contributed by atoms with Crippen LogP contribution < -0.4 is 4.74 Å². The van der Waals surface area contributed by atoms with Crippen LogP contribution in [0.2, 0.25) is 0 Å². The summed E-state index contributed by atoms with van der Waals surface area (Å²) in [5, 5.41) is 9.49. The molecule has 0 aliphatic carbocycles. The lowest BCUT2D eigenvalue weighted by Gasteiger charge is -2.36. The molecule has 1 heterocycles. The Morgan fingerprint density at radius 3 is 2.65 bits per heavy atom. The molecule has 1 aliphatic heterocycles. The van der Waals surface area contributed by atoms with Gasteiger partial charge in [0.15, 0.2) is 0 Å². The Labute approximate surface area is 119 Å². The Balaban J connectivity index is 2.07. The van der Waals surface area contributed by atoms with E-state index in [4.69, 9.17) is 4.74 Å². The van der Waals surface area contributed by atoms with Gasteiger partial charge in [0.05, 0.1) is 7.11 Å². The summed E-state index contributed by atoms with van der Waals surface area (Å²) in [6, 6.07) is 7.17. The number of aliphatic carboxylic acids is 1. The van der Waals surface area contributed by atoms with E-state index in [0.29, 0.717) is 6.42 Å². The molecule has 0 saturated carbocycles. The highest BCUT2D eigenvalue weighted by atomic mass is 16.5. The minimum Gasteiger partial charge on any atom is -0.497 e. The van der Waals surface area contributed by atoms with Gasteiger partial charge in [0.2, 0.25) is 0 Å². The van der Waals surface area contributed by atoms with Gasteiger partial charge in [0.25, 0.3) is 0 Å². The summed E-state index contributed by atoms with van der Waals surface area (Å²) >= 11 is 0. The van der Waals surface area contributed by atoms with E-state index in [1.165, 1.54) is 0 Å². The van der Waals surface area contributed by atoms with Crippen molar-refractivity contribution >= 4 is 5.97 Å². The van der Waals surface area contributed by atoms with Crippen LogP contribution in [0.15, 0.2) is 24.3 Å². The second-order valence-electron chi connectivity index (χ2n) is 5.25. The molecule has 110 valence electrons. The first-order valence-corrected chi connectivity index (χ1v) is 6.88. The zero-order chi connectivity index (χ0) is 14.5. The van der Waals surface area contributed by atoms with Gasteiger partial charge in [0.1, 0.15) is 11.8 Å². The fourth-order valence-electron chi connectivity index (χ4n) is 2.53. The van der Waals surface area contributed by atoms with Gasteiger partial charge >= 0.3 is 5.97 Å². The molecule has 0 spiro atoms. The SMILES string of the molecule is COc1cccc(C[C@@H](C(=O)O)N2CCN(C)CC2)c1. The van der Waals surface area contributed by atoms with Gasteiger partial charge in [-0.2, -0.15) is 0 Å². The van der Waals surface area contributed by atoms with Crippen LogP contribution in [0.25, 0.3) is 0 Å². The monoisotopic (exact) mass is 278 g/mol. The normalized spacial score (nSPS) is 18.7. The van der Waals surface area contributed by atoms with Gasteiger partial charge in [-0.3, -0.25) is 9.69 Å². The molecule has 1 N–H and O–H groups in total. The standard InChI is InChI=1S/C15H22N2O3/c1-16-6-8-17(9-7-16)14(15(18)19)11-12-4-3-5-13(10-12)20-2/h3-5,10,14H,6-9,11H2,1-2H3,(H,18,19)/t14-/m0/s1. The van der Waals surface area contributed by atoms with Gasteiger partial charge in [-0.1, -0.05) is 12.1 Å². The van der Waals surface area contributed by atoms with Crippen LogP contribution in [0.1, 0.15) is 5.56 Å². The van der Waals surface area contributed by atoms with Crippen molar-refractivity contribution in [2.24, 2.45) is 0 Å². The molecule has 1 aliphatic rings. The van der Waals surface area contributed by atoms with Crippen molar-refractivity contribution in [2.75, 3.05) is 40.3 Å². The van der Waals surface area contributed by atoms with Crippen molar-refractivity contribution in [3.05, 3.63) is 29.8 Å². The Bertz CT molecular complexity index is 456. The first-order chi connectivity index (χ1) is 9.60. The van der Waals surface area contributed by atoms with Gasteiger partial charge in [0, 0.05) is 26.2 Å². The maximum atomic E-state index is 11.6. The first kappa shape index (κ1) is 14.8. The van der Waals surface area contributed by atoms with E-state index in [-0.39, 0.29) is 0 Å². The van der Waals surface area contributed by atoms with E-state index >= 15 is 0 Å². The summed E-state index contributed by atoms with van der Waals surface area (Å²) in [7, 11) is 3.68. The Hall–Kier alpha value is -1.59. The molecule has 2 rings (SSSR count). The summed E-state index contributed by atoms with van der Waals surface area (Å²) in [5.74, 6) is 0.0161. The van der Waals surface area contributed by atoms with Gasteiger partial charge in [-0.15, -0.1) is 0 Å². The summed E-state index contributed by atoms with van der Waals surface area (Å²) < 4.78 is 5.19. The molecule has 1 atom stereocenters. The van der Waals surface area contributed by atoms with E-state index in [0.717, 1.165) is 37.5 Å². The fraction of sp³-hybridized carbons (Fsp3) is 0.533. The van der Waals surface area contributed by atoms with Crippen LogP contribution in [0.4, 0.5) is 0 Å². The molecule has 0 aromatic heterocycles. The van der Waals surface area contributed by atoms with Crippen molar-refractivity contribution in [1.29, 1.82) is 0 Å². The molecule has 1 aromatic carbocycles. The second kappa shape index (κ2) is 6.72. The number of carbonyl (C=O) groups is 1. The average Bonchev–Trinajstić information content (AvgIpc) is 2.46. The number of rotatable bonds is 5. The number of carboxylic acid groups (broad SMARTS) is 1. The Morgan fingerprint density at radius 1 is 1.35 bits per heavy atom. The van der Waals surface area contributed by atoms with Gasteiger partial charge in [-0.25, -0.2) is 0 Å². The molecule has 0 bridgehead atoms. The van der Waals surface area contributed by atoms with Crippen LogP contribution in [0, 0.1) is 0 Å². The molecule has 1 saturated heterocycles. The minimum absolute atomic E-state index is 0.462. The zero-order valence-corrected chi connectivity index (χ0v) is 12.1. The Kier molecular flexibility index (Phi) is 4.98. The number of nitrogens with zero attached hydrogens (tertiary/aromatic N) is 2. The number of benzene rings is 1. The molecule has 1 fully saturated rings. The number of methoxy groups -OCH3 is 1. The minimum atomic E-state index is -0.752. The summed E-state index contributed by atoms with van der Waals surface area (Å²) in [6.07, 6.45) is 0.510.